The molecule has 1 N–H and O–H groups in total. The fourth-order valence-corrected chi connectivity index (χ4v) is 1.54. The molecule has 1 atom stereocenters. The molecule has 4 nitrogen and oxygen atoms in total. The van der Waals surface area contributed by atoms with Crippen LogP contribution in [0.1, 0.15) is 18.9 Å². The molecule has 0 bridgehead atoms. The molecule has 0 unspecified atom stereocenters. The highest BCUT2D eigenvalue weighted by Gasteiger charge is 2.40. The van der Waals surface area contributed by atoms with Gasteiger partial charge in [0.1, 0.15) is 5.78 Å². The van der Waals surface area contributed by atoms with Gasteiger partial charge in [-0.15, -0.1) is 0 Å². The molecule has 1 rings (SSSR count). The van der Waals surface area contributed by atoms with Crippen molar-refractivity contribution in [1.29, 1.82) is 0 Å². The summed E-state index contributed by atoms with van der Waals surface area (Å²) in [5.74, 6) is -1.11. The number of methoxy groups -OCH3 is 1. The highest BCUT2D eigenvalue weighted by atomic mass is 16.5. The summed E-state index contributed by atoms with van der Waals surface area (Å²) in [6, 6.07) is 8.29. The number of esters is 1. The Morgan fingerprint density at radius 2 is 1.88 bits per heavy atom. The lowest BCUT2D eigenvalue weighted by Gasteiger charge is -2.24. The Kier molecular flexibility index (Phi) is 3.79. The van der Waals surface area contributed by atoms with Gasteiger partial charge in [-0.3, -0.25) is 4.79 Å². The zero-order valence-electron chi connectivity index (χ0n) is 9.27. The first-order chi connectivity index (χ1) is 7.50. The normalized spacial score (nSPS) is 13.9. The highest BCUT2D eigenvalue weighted by molar-refractivity contribution is 5.88. The maximum absolute atomic E-state index is 11.5. The number of benzene rings is 1. The highest BCUT2D eigenvalue weighted by Crippen LogP contribution is 2.26. The van der Waals surface area contributed by atoms with Gasteiger partial charge in [0.2, 0.25) is 0 Å². The van der Waals surface area contributed by atoms with Gasteiger partial charge >= 0.3 is 5.97 Å². The number of rotatable bonds is 4. The van der Waals surface area contributed by atoms with Crippen LogP contribution in [0.25, 0.3) is 0 Å². The van der Waals surface area contributed by atoms with Crippen LogP contribution in [0, 0.1) is 0 Å². The van der Waals surface area contributed by atoms with Crippen LogP contribution in [0.15, 0.2) is 30.3 Å². The summed E-state index contributed by atoms with van der Waals surface area (Å²) in [7, 11) is 1.18. The second-order valence-corrected chi connectivity index (χ2v) is 3.60. The molecule has 0 aromatic heterocycles. The molecular weight excluding hydrogens is 208 g/mol. The van der Waals surface area contributed by atoms with Crippen molar-refractivity contribution in [1.82, 2.24) is 0 Å². The van der Waals surface area contributed by atoms with Crippen LogP contribution in [-0.4, -0.2) is 24.0 Å². The second-order valence-electron chi connectivity index (χ2n) is 3.60. The molecule has 0 amide bonds. The van der Waals surface area contributed by atoms with E-state index in [-0.39, 0.29) is 12.2 Å². The Balaban J connectivity index is 3.14. The van der Waals surface area contributed by atoms with Crippen molar-refractivity contribution in [2.24, 2.45) is 0 Å². The van der Waals surface area contributed by atoms with Gasteiger partial charge in [-0.25, -0.2) is 4.79 Å². The molecule has 1 aromatic rings. The Morgan fingerprint density at radius 3 is 2.31 bits per heavy atom. The summed E-state index contributed by atoms with van der Waals surface area (Å²) in [4.78, 5) is 22.6. The van der Waals surface area contributed by atoms with Crippen LogP contribution in [0.2, 0.25) is 0 Å². The average Bonchev–Trinajstić information content (AvgIpc) is 2.28. The van der Waals surface area contributed by atoms with Gasteiger partial charge in [-0.1, -0.05) is 30.3 Å². The zero-order chi connectivity index (χ0) is 12.2. The van der Waals surface area contributed by atoms with Crippen molar-refractivity contribution in [3.05, 3.63) is 35.9 Å². The Labute approximate surface area is 93.9 Å². The number of hydrogen-bond donors (Lipinski definition) is 1. The minimum atomic E-state index is -1.89. The van der Waals surface area contributed by atoms with Crippen molar-refractivity contribution in [3.63, 3.8) is 0 Å². The maximum Gasteiger partial charge on any atom is 0.343 e. The van der Waals surface area contributed by atoms with Crippen LogP contribution >= 0.6 is 0 Å². The summed E-state index contributed by atoms with van der Waals surface area (Å²) in [5, 5.41) is 10.2. The second kappa shape index (κ2) is 4.90. The van der Waals surface area contributed by atoms with Gasteiger partial charge in [-0.05, 0) is 12.5 Å². The molecule has 0 saturated carbocycles. The predicted octanol–water partition coefficient (Wildman–Crippen LogP) is 1.03. The lowest BCUT2D eigenvalue weighted by atomic mass is 9.89. The lowest BCUT2D eigenvalue weighted by Crippen LogP contribution is -2.38. The van der Waals surface area contributed by atoms with E-state index in [1.54, 1.807) is 30.3 Å². The zero-order valence-corrected chi connectivity index (χ0v) is 9.27. The van der Waals surface area contributed by atoms with Gasteiger partial charge in [0.25, 0.3) is 0 Å². The molecule has 0 aliphatic carbocycles. The van der Waals surface area contributed by atoms with E-state index in [1.807, 2.05) is 0 Å². The van der Waals surface area contributed by atoms with Crippen LogP contribution in [0.5, 0.6) is 0 Å². The monoisotopic (exact) mass is 222 g/mol. The molecule has 86 valence electrons. The standard InChI is InChI=1S/C12H14O4/c1-9(13)8-12(15,11(14)16-2)10-6-4-3-5-7-10/h3-7,15H,8H2,1-2H3/t12-/m0/s1. The first kappa shape index (κ1) is 12.4. The molecule has 0 heterocycles. The number of carbonyl (C=O) groups is 2. The number of aliphatic hydroxyl groups is 1. The molecule has 0 radical (unpaired) electrons. The largest absolute Gasteiger partial charge is 0.467 e. The van der Waals surface area contributed by atoms with E-state index in [0.717, 1.165) is 0 Å². The van der Waals surface area contributed by atoms with Crippen LogP contribution in [0.4, 0.5) is 0 Å². The van der Waals surface area contributed by atoms with E-state index in [9.17, 15) is 14.7 Å². The van der Waals surface area contributed by atoms with Crippen molar-refractivity contribution < 1.29 is 19.4 Å². The third-order valence-corrected chi connectivity index (χ3v) is 2.28. The molecule has 16 heavy (non-hydrogen) atoms. The fourth-order valence-electron chi connectivity index (χ4n) is 1.54. The quantitative estimate of drug-likeness (QED) is 0.773. The van der Waals surface area contributed by atoms with Crippen molar-refractivity contribution in [3.8, 4) is 0 Å². The molecule has 1 aromatic carbocycles. The Bertz CT molecular complexity index is 385. The Hall–Kier alpha value is -1.68. The summed E-state index contributed by atoms with van der Waals surface area (Å²) in [5.41, 5.74) is -1.53. The van der Waals surface area contributed by atoms with Gasteiger partial charge in [0, 0.05) is 6.42 Å². The topological polar surface area (TPSA) is 63.6 Å². The van der Waals surface area contributed by atoms with Crippen molar-refractivity contribution in [2.75, 3.05) is 7.11 Å². The SMILES string of the molecule is COC(=O)[C@](O)(CC(C)=O)c1ccccc1. The van der Waals surface area contributed by atoms with Crippen LogP contribution in [-0.2, 0) is 19.9 Å². The van der Waals surface area contributed by atoms with Gasteiger partial charge in [-0.2, -0.15) is 0 Å². The van der Waals surface area contributed by atoms with Crippen molar-refractivity contribution in [2.45, 2.75) is 18.9 Å². The Morgan fingerprint density at radius 1 is 1.31 bits per heavy atom. The number of carbonyl (C=O) groups excluding carboxylic acids is 2. The fraction of sp³-hybridized carbons (Fsp3) is 0.333. The lowest BCUT2D eigenvalue weighted by molar-refractivity contribution is -0.166. The third-order valence-electron chi connectivity index (χ3n) is 2.28. The first-order valence-corrected chi connectivity index (χ1v) is 4.86. The third kappa shape index (κ3) is 2.46. The van der Waals surface area contributed by atoms with Gasteiger partial charge in [0.05, 0.1) is 7.11 Å². The maximum atomic E-state index is 11.5. The van der Waals surface area contributed by atoms with Gasteiger partial charge < -0.3 is 9.84 Å². The minimum Gasteiger partial charge on any atom is -0.467 e. The average molecular weight is 222 g/mol. The number of hydrogen-bond acceptors (Lipinski definition) is 4. The van der Waals surface area contributed by atoms with Crippen LogP contribution < -0.4 is 0 Å². The first-order valence-electron chi connectivity index (χ1n) is 4.86. The smallest absolute Gasteiger partial charge is 0.343 e. The molecule has 0 fully saturated rings. The predicted molar refractivity (Wildman–Crippen MR) is 57.7 cm³/mol. The number of ketones is 1. The molecular formula is C12H14O4. The number of ether oxygens (including phenoxy) is 1. The van der Waals surface area contributed by atoms with E-state index in [1.165, 1.54) is 14.0 Å². The summed E-state index contributed by atoms with van der Waals surface area (Å²) < 4.78 is 4.53. The van der Waals surface area contributed by atoms with E-state index >= 15 is 0 Å². The number of Topliss-reactive ketones (excluding diaryl/α,β-unsaturated/α-hetero) is 1. The van der Waals surface area contributed by atoms with E-state index in [2.05, 4.69) is 4.74 Å². The van der Waals surface area contributed by atoms with E-state index in [4.69, 9.17) is 0 Å². The summed E-state index contributed by atoms with van der Waals surface area (Å²) in [6.45, 7) is 1.32. The van der Waals surface area contributed by atoms with E-state index in [0.29, 0.717) is 5.56 Å². The molecule has 0 aliphatic rings. The molecule has 0 spiro atoms. The minimum absolute atomic E-state index is 0.281. The molecule has 4 heteroatoms. The van der Waals surface area contributed by atoms with Crippen LogP contribution in [0.3, 0.4) is 0 Å². The van der Waals surface area contributed by atoms with E-state index < -0.39 is 11.6 Å². The summed E-state index contributed by atoms with van der Waals surface area (Å²) >= 11 is 0. The summed E-state index contributed by atoms with van der Waals surface area (Å²) in [6.07, 6.45) is -0.288. The molecule has 0 aliphatic heterocycles. The van der Waals surface area contributed by atoms with Crippen molar-refractivity contribution >= 4 is 11.8 Å². The van der Waals surface area contributed by atoms with Gasteiger partial charge in [0.15, 0.2) is 5.60 Å². The molecule has 0 saturated heterocycles.